The Labute approximate surface area is 96.8 Å². The van der Waals surface area contributed by atoms with Crippen LogP contribution in [0.1, 0.15) is 10.4 Å². The third kappa shape index (κ3) is 2.03. The quantitative estimate of drug-likeness (QED) is 0.662. The smallest absolute Gasteiger partial charge is 0.166 e. The van der Waals surface area contributed by atoms with Crippen LogP contribution in [0.25, 0.3) is 10.1 Å². The van der Waals surface area contributed by atoms with Gasteiger partial charge in [0.2, 0.25) is 0 Å². The topological polar surface area (TPSA) is 0 Å². The molecule has 0 spiro atoms. The van der Waals surface area contributed by atoms with Crippen molar-refractivity contribution in [2.75, 3.05) is 0 Å². The molecule has 0 bridgehead atoms. The zero-order chi connectivity index (χ0) is 11.1. The molecule has 0 nitrogen and oxygen atoms in total. The van der Waals surface area contributed by atoms with E-state index in [0.29, 0.717) is 15.4 Å². The molecule has 80 valence electrons. The summed E-state index contributed by atoms with van der Waals surface area (Å²) in [5, 5.41) is 1.24. The summed E-state index contributed by atoms with van der Waals surface area (Å²) in [6.45, 7) is 0. The molecular formula is C10H6BrF3S. The summed E-state index contributed by atoms with van der Waals surface area (Å²) >= 11 is 4.42. The monoisotopic (exact) mass is 294 g/mol. The average Bonchev–Trinajstić information content (AvgIpc) is 2.57. The fraction of sp³-hybridized carbons (Fsp3) is 0.200. The summed E-state index contributed by atoms with van der Waals surface area (Å²) in [5.74, 6) is 0. The zero-order valence-corrected chi connectivity index (χ0v) is 9.84. The van der Waals surface area contributed by atoms with Crippen LogP contribution in [0.2, 0.25) is 0 Å². The Morgan fingerprint density at radius 1 is 1.27 bits per heavy atom. The van der Waals surface area contributed by atoms with Crippen LogP contribution >= 0.6 is 27.3 Å². The van der Waals surface area contributed by atoms with Crippen LogP contribution in [-0.4, -0.2) is 0 Å². The number of hydrogen-bond acceptors (Lipinski definition) is 1. The van der Waals surface area contributed by atoms with Crippen molar-refractivity contribution in [2.45, 2.75) is 11.5 Å². The maximum atomic E-state index is 12.6. The van der Waals surface area contributed by atoms with Crippen LogP contribution in [-0.2, 0) is 11.5 Å². The minimum atomic E-state index is -4.27. The highest BCUT2D eigenvalue weighted by Gasteiger charge is 2.32. The van der Waals surface area contributed by atoms with Crippen LogP contribution in [0.3, 0.4) is 0 Å². The summed E-state index contributed by atoms with van der Waals surface area (Å²) in [6.07, 6.45) is -4.27. The van der Waals surface area contributed by atoms with E-state index in [9.17, 15) is 13.2 Å². The first-order valence-corrected chi connectivity index (χ1v) is 6.11. The largest absolute Gasteiger partial charge is 0.417 e. The number of hydrogen-bond donors (Lipinski definition) is 0. The molecule has 0 N–H and O–H groups in total. The molecule has 0 saturated carbocycles. The SMILES string of the molecule is FC(F)(F)c1cccc2cc(CBr)sc12. The number of fused-ring (bicyclic) bond motifs is 1. The lowest BCUT2D eigenvalue weighted by Crippen LogP contribution is -2.04. The molecule has 0 amide bonds. The van der Waals surface area contributed by atoms with Crippen LogP contribution < -0.4 is 0 Å². The fourth-order valence-corrected chi connectivity index (χ4v) is 2.95. The lowest BCUT2D eigenvalue weighted by atomic mass is 10.1. The van der Waals surface area contributed by atoms with Crippen molar-refractivity contribution >= 4 is 37.4 Å². The van der Waals surface area contributed by atoms with E-state index in [2.05, 4.69) is 15.9 Å². The van der Waals surface area contributed by atoms with Gasteiger partial charge in [-0.3, -0.25) is 0 Å². The molecule has 0 aliphatic carbocycles. The molecule has 1 heterocycles. The lowest BCUT2D eigenvalue weighted by Gasteiger charge is -2.06. The summed E-state index contributed by atoms with van der Waals surface area (Å²) in [7, 11) is 0. The third-order valence-corrected chi connectivity index (χ3v) is 4.19. The molecule has 0 saturated heterocycles. The standard InChI is InChI=1S/C10H6BrF3S/c11-5-7-4-6-2-1-3-8(9(6)15-7)10(12,13)14/h1-4H,5H2. The Hall–Kier alpha value is -0.550. The maximum Gasteiger partial charge on any atom is 0.417 e. The predicted molar refractivity (Wildman–Crippen MR) is 59.5 cm³/mol. The average molecular weight is 295 g/mol. The van der Waals surface area contributed by atoms with Gasteiger partial charge in [0.05, 0.1) is 5.56 Å². The second-order valence-corrected chi connectivity index (χ2v) is 4.77. The van der Waals surface area contributed by atoms with Crippen molar-refractivity contribution < 1.29 is 13.2 Å². The van der Waals surface area contributed by atoms with E-state index in [0.717, 1.165) is 10.9 Å². The van der Waals surface area contributed by atoms with Crippen molar-refractivity contribution in [1.29, 1.82) is 0 Å². The van der Waals surface area contributed by atoms with E-state index in [1.54, 1.807) is 12.1 Å². The molecule has 0 aliphatic rings. The molecule has 0 aliphatic heterocycles. The predicted octanol–water partition coefficient (Wildman–Crippen LogP) is 4.82. The molecule has 15 heavy (non-hydrogen) atoms. The first-order valence-electron chi connectivity index (χ1n) is 4.17. The summed E-state index contributed by atoms with van der Waals surface area (Å²) in [4.78, 5) is 0.904. The Morgan fingerprint density at radius 2 is 2.00 bits per heavy atom. The number of halogens is 4. The highest BCUT2D eigenvalue weighted by molar-refractivity contribution is 9.08. The van der Waals surface area contributed by atoms with Gasteiger partial charge < -0.3 is 0 Å². The van der Waals surface area contributed by atoms with Crippen molar-refractivity contribution in [3.63, 3.8) is 0 Å². The second-order valence-electron chi connectivity index (χ2n) is 3.07. The summed E-state index contributed by atoms with van der Waals surface area (Å²) in [5.41, 5.74) is -0.544. The van der Waals surface area contributed by atoms with Gasteiger partial charge in [0.15, 0.2) is 0 Å². The van der Waals surface area contributed by atoms with Gasteiger partial charge in [-0.05, 0) is 17.5 Å². The Balaban J connectivity index is 2.70. The van der Waals surface area contributed by atoms with Gasteiger partial charge in [-0.1, -0.05) is 28.1 Å². The van der Waals surface area contributed by atoms with Gasteiger partial charge in [-0.2, -0.15) is 13.2 Å². The minimum absolute atomic E-state index is 0.319. The van der Waals surface area contributed by atoms with E-state index in [4.69, 9.17) is 0 Å². The Morgan fingerprint density at radius 3 is 2.60 bits per heavy atom. The fourth-order valence-electron chi connectivity index (χ4n) is 1.41. The van der Waals surface area contributed by atoms with Crippen molar-refractivity contribution in [3.8, 4) is 0 Å². The van der Waals surface area contributed by atoms with Crippen LogP contribution in [0.15, 0.2) is 24.3 Å². The first kappa shape index (κ1) is 11.0. The number of rotatable bonds is 1. The van der Waals surface area contributed by atoms with E-state index >= 15 is 0 Å². The third-order valence-electron chi connectivity index (χ3n) is 2.03. The van der Waals surface area contributed by atoms with Gasteiger partial charge in [0, 0.05) is 14.9 Å². The van der Waals surface area contributed by atoms with Crippen molar-refractivity contribution in [3.05, 3.63) is 34.7 Å². The van der Waals surface area contributed by atoms with E-state index < -0.39 is 11.7 Å². The van der Waals surface area contributed by atoms with E-state index in [1.165, 1.54) is 17.4 Å². The molecule has 0 atom stereocenters. The number of thiophene rings is 1. The van der Waals surface area contributed by atoms with Crippen molar-refractivity contribution in [1.82, 2.24) is 0 Å². The van der Waals surface area contributed by atoms with E-state index in [1.807, 2.05) is 0 Å². The van der Waals surface area contributed by atoms with Crippen LogP contribution in [0, 0.1) is 0 Å². The molecule has 2 rings (SSSR count). The van der Waals surface area contributed by atoms with Gasteiger partial charge in [0.1, 0.15) is 0 Å². The zero-order valence-electron chi connectivity index (χ0n) is 7.44. The van der Waals surface area contributed by atoms with Gasteiger partial charge in [-0.15, -0.1) is 11.3 Å². The molecule has 0 radical (unpaired) electrons. The molecule has 1 aromatic heterocycles. The second kappa shape index (κ2) is 3.79. The normalized spacial score (nSPS) is 12.3. The molecule has 2 aromatic rings. The van der Waals surface area contributed by atoms with Gasteiger partial charge in [-0.25, -0.2) is 0 Å². The lowest BCUT2D eigenvalue weighted by molar-refractivity contribution is -0.136. The maximum absolute atomic E-state index is 12.6. The molecular weight excluding hydrogens is 289 g/mol. The number of alkyl halides is 4. The van der Waals surface area contributed by atoms with Gasteiger partial charge in [0.25, 0.3) is 0 Å². The van der Waals surface area contributed by atoms with Crippen LogP contribution in [0.4, 0.5) is 13.2 Å². The Kier molecular flexibility index (Phi) is 2.77. The first-order chi connectivity index (χ1) is 7.02. The van der Waals surface area contributed by atoms with Crippen LogP contribution in [0.5, 0.6) is 0 Å². The Bertz CT molecular complexity index is 487. The van der Waals surface area contributed by atoms with E-state index in [-0.39, 0.29) is 0 Å². The number of benzene rings is 1. The highest BCUT2D eigenvalue weighted by atomic mass is 79.9. The molecule has 0 fully saturated rings. The molecule has 5 heteroatoms. The molecule has 0 unspecified atom stereocenters. The summed E-state index contributed by atoms with van der Waals surface area (Å²) in [6, 6.07) is 6.05. The summed E-state index contributed by atoms with van der Waals surface area (Å²) < 4.78 is 38.2. The molecule has 1 aromatic carbocycles. The van der Waals surface area contributed by atoms with Crippen molar-refractivity contribution in [2.24, 2.45) is 0 Å². The highest BCUT2D eigenvalue weighted by Crippen LogP contribution is 2.38. The minimum Gasteiger partial charge on any atom is -0.166 e. The van der Waals surface area contributed by atoms with Gasteiger partial charge >= 0.3 is 6.18 Å².